The molecule has 0 unspecified atom stereocenters. The van der Waals surface area contributed by atoms with Crippen LogP contribution in [0.4, 0.5) is 28.4 Å². The standard InChI is InChI=1S/C32H27N5O/c38-31(37-26-8-6-24(7-9-26)35-27-11-14-33-15-12-27)22-1-4-25(5-2-22)36-30-13-16-34-29-10-3-23(17-28(29)30)32-18-21(19-32)20-32/h1-17,21H,18-20H2,(H,33,35)(H,34,36)(H,37,38). The van der Waals surface area contributed by atoms with Gasteiger partial charge in [-0.1, -0.05) is 6.07 Å². The van der Waals surface area contributed by atoms with E-state index in [1.807, 2.05) is 72.9 Å². The lowest BCUT2D eigenvalue weighted by Gasteiger charge is -2.62. The summed E-state index contributed by atoms with van der Waals surface area (Å²) in [7, 11) is 0. The molecule has 3 fully saturated rings. The second-order valence-electron chi connectivity index (χ2n) is 10.4. The number of aromatic nitrogens is 2. The van der Waals surface area contributed by atoms with E-state index in [-0.39, 0.29) is 5.91 Å². The molecule has 5 aromatic rings. The number of amides is 1. The number of hydrogen-bond donors (Lipinski definition) is 3. The molecule has 186 valence electrons. The van der Waals surface area contributed by atoms with Gasteiger partial charge in [-0.05, 0) is 115 Å². The van der Waals surface area contributed by atoms with Gasteiger partial charge in [0.1, 0.15) is 0 Å². The first kappa shape index (κ1) is 22.5. The van der Waals surface area contributed by atoms with E-state index in [0.29, 0.717) is 11.0 Å². The molecule has 3 aromatic carbocycles. The van der Waals surface area contributed by atoms with E-state index in [1.54, 1.807) is 12.4 Å². The van der Waals surface area contributed by atoms with Gasteiger partial charge in [0.15, 0.2) is 0 Å². The Kier molecular flexibility index (Phi) is 5.32. The number of carbonyl (C=O) groups excluding carboxylic acids is 1. The fourth-order valence-electron chi connectivity index (χ4n) is 5.72. The number of hydrogen-bond acceptors (Lipinski definition) is 5. The van der Waals surface area contributed by atoms with E-state index in [9.17, 15) is 4.79 Å². The normalized spacial score (nSPS) is 19.2. The van der Waals surface area contributed by atoms with Gasteiger partial charge >= 0.3 is 0 Å². The van der Waals surface area contributed by atoms with Crippen molar-refractivity contribution in [1.29, 1.82) is 0 Å². The van der Waals surface area contributed by atoms with Crippen LogP contribution in [0, 0.1) is 5.92 Å². The van der Waals surface area contributed by atoms with Crippen molar-refractivity contribution in [2.45, 2.75) is 24.7 Å². The number of nitrogens with one attached hydrogen (secondary N) is 3. The fraction of sp³-hybridized carbons (Fsp3) is 0.156. The van der Waals surface area contributed by atoms with Gasteiger partial charge in [-0.25, -0.2) is 0 Å². The van der Waals surface area contributed by atoms with Crippen molar-refractivity contribution in [2.75, 3.05) is 16.0 Å². The highest BCUT2D eigenvalue weighted by atomic mass is 16.1. The van der Waals surface area contributed by atoms with Gasteiger partial charge in [0, 0.05) is 58.0 Å². The first-order chi connectivity index (χ1) is 18.6. The Morgan fingerprint density at radius 1 is 0.711 bits per heavy atom. The van der Waals surface area contributed by atoms with E-state index in [2.05, 4.69) is 44.1 Å². The predicted octanol–water partition coefficient (Wildman–Crippen LogP) is 7.42. The number of nitrogens with zero attached hydrogens (tertiary/aromatic N) is 2. The summed E-state index contributed by atoms with van der Waals surface area (Å²) in [6.07, 6.45) is 9.31. The zero-order valence-electron chi connectivity index (χ0n) is 20.8. The maximum Gasteiger partial charge on any atom is 0.255 e. The minimum Gasteiger partial charge on any atom is -0.355 e. The van der Waals surface area contributed by atoms with Crippen molar-refractivity contribution in [2.24, 2.45) is 5.92 Å². The number of pyridine rings is 2. The van der Waals surface area contributed by atoms with Crippen LogP contribution in [-0.4, -0.2) is 15.9 Å². The lowest BCUT2D eigenvalue weighted by atomic mass is 9.42. The van der Waals surface area contributed by atoms with Crippen molar-refractivity contribution in [3.63, 3.8) is 0 Å². The molecule has 3 aliphatic carbocycles. The largest absolute Gasteiger partial charge is 0.355 e. The van der Waals surface area contributed by atoms with Gasteiger partial charge in [-0.2, -0.15) is 0 Å². The van der Waals surface area contributed by atoms with Crippen molar-refractivity contribution in [3.05, 3.63) is 115 Å². The highest BCUT2D eigenvalue weighted by Gasteiger charge is 2.57. The van der Waals surface area contributed by atoms with Crippen LogP contribution in [0.3, 0.4) is 0 Å². The van der Waals surface area contributed by atoms with Crippen LogP contribution in [0.15, 0.2) is 104 Å². The Labute approximate surface area is 221 Å². The third-order valence-corrected chi connectivity index (χ3v) is 7.93. The molecule has 3 saturated carbocycles. The van der Waals surface area contributed by atoms with E-state index < -0.39 is 0 Å². The number of carbonyl (C=O) groups is 1. The molecule has 0 aliphatic heterocycles. The molecule has 1 amide bonds. The van der Waals surface area contributed by atoms with Crippen LogP contribution < -0.4 is 16.0 Å². The lowest BCUT2D eigenvalue weighted by Crippen LogP contribution is -2.55. The minimum absolute atomic E-state index is 0.149. The molecule has 8 rings (SSSR count). The molecule has 2 bridgehead atoms. The van der Waals surface area contributed by atoms with E-state index in [1.165, 1.54) is 24.8 Å². The SMILES string of the molecule is O=C(Nc1ccc(Nc2ccncc2)cc1)c1ccc(Nc2ccnc3ccc(C45CC(C4)C5)cc23)cc1. The van der Waals surface area contributed by atoms with Gasteiger partial charge in [-0.15, -0.1) is 0 Å². The van der Waals surface area contributed by atoms with Crippen LogP contribution in [0.25, 0.3) is 10.9 Å². The highest BCUT2D eigenvalue weighted by molar-refractivity contribution is 6.04. The van der Waals surface area contributed by atoms with Gasteiger partial charge in [0.2, 0.25) is 0 Å². The Morgan fingerprint density at radius 2 is 1.37 bits per heavy atom. The van der Waals surface area contributed by atoms with Gasteiger partial charge in [0.25, 0.3) is 5.91 Å². The van der Waals surface area contributed by atoms with Crippen molar-refractivity contribution >= 4 is 45.2 Å². The number of fused-ring (bicyclic) bond motifs is 1. The molecule has 0 radical (unpaired) electrons. The third-order valence-electron chi connectivity index (χ3n) is 7.93. The minimum atomic E-state index is -0.149. The molecule has 3 N–H and O–H groups in total. The van der Waals surface area contributed by atoms with Gasteiger partial charge < -0.3 is 16.0 Å². The van der Waals surface area contributed by atoms with E-state index in [4.69, 9.17) is 0 Å². The Bertz CT molecular complexity index is 1610. The van der Waals surface area contributed by atoms with Gasteiger partial charge in [0.05, 0.1) is 5.52 Å². The summed E-state index contributed by atoms with van der Waals surface area (Å²) < 4.78 is 0. The first-order valence-electron chi connectivity index (χ1n) is 13.0. The van der Waals surface area contributed by atoms with E-state index >= 15 is 0 Å². The zero-order valence-corrected chi connectivity index (χ0v) is 20.8. The second kappa shape index (κ2) is 8.99. The molecular formula is C32H27N5O. The van der Waals surface area contributed by atoms with Crippen molar-refractivity contribution in [1.82, 2.24) is 9.97 Å². The quantitative estimate of drug-likeness (QED) is 0.218. The molecule has 3 aliphatic rings. The summed E-state index contributed by atoms with van der Waals surface area (Å²) in [6, 6.07) is 27.7. The second-order valence-corrected chi connectivity index (χ2v) is 10.4. The molecule has 0 spiro atoms. The molecule has 2 aromatic heterocycles. The molecule has 0 atom stereocenters. The predicted molar refractivity (Wildman–Crippen MR) is 152 cm³/mol. The summed E-state index contributed by atoms with van der Waals surface area (Å²) in [4.78, 5) is 21.4. The number of anilines is 5. The molecule has 6 nitrogen and oxygen atoms in total. The number of benzene rings is 3. The van der Waals surface area contributed by atoms with Crippen LogP contribution in [0.5, 0.6) is 0 Å². The maximum absolute atomic E-state index is 12.8. The smallest absolute Gasteiger partial charge is 0.255 e. The monoisotopic (exact) mass is 497 g/mol. The molecule has 38 heavy (non-hydrogen) atoms. The Balaban J connectivity index is 1.03. The zero-order chi connectivity index (χ0) is 25.5. The molecular weight excluding hydrogens is 470 g/mol. The average Bonchev–Trinajstić information content (AvgIpc) is 2.89. The van der Waals surface area contributed by atoms with Crippen molar-refractivity contribution < 1.29 is 4.79 Å². The maximum atomic E-state index is 12.8. The molecule has 0 saturated heterocycles. The first-order valence-corrected chi connectivity index (χ1v) is 13.0. The number of rotatable bonds is 7. The summed E-state index contributed by atoms with van der Waals surface area (Å²) in [5.74, 6) is 0.797. The topological polar surface area (TPSA) is 78.9 Å². The van der Waals surface area contributed by atoms with E-state index in [0.717, 1.165) is 45.3 Å². The van der Waals surface area contributed by atoms with Crippen LogP contribution >= 0.6 is 0 Å². The van der Waals surface area contributed by atoms with Crippen LogP contribution in [-0.2, 0) is 5.41 Å². The average molecular weight is 498 g/mol. The highest BCUT2D eigenvalue weighted by Crippen LogP contribution is 2.65. The summed E-state index contributed by atoms with van der Waals surface area (Å²) in [5, 5.41) is 11.0. The summed E-state index contributed by atoms with van der Waals surface area (Å²) in [5.41, 5.74) is 8.03. The van der Waals surface area contributed by atoms with Gasteiger partial charge in [-0.3, -0.25) is 14.8 Å². The Morgan fingerprint density at radius 3 is 2.08 bits per heavy atom. The molecule has 2 heterocycles. The molecule has 6 heteroatoms. The van der Waals surface area contributed by atoms with Crippen molar-refractivity contribution in [3.8, 4) is 0 Å². The Hall–Kier alpha value is -4.71. The summed E-state index contributed by atoms with van der Waals surface area (Å²) >= 11 is 0. The lowest BCUT2D eigenvalue weighted by molar-refractivity contribution is -0.0272. The third kappa shape index (κ3) is 4.14. The fourth-order valence-corrected chi connectivity index (χ4v) is 5.72. The summed E-state index contributed by atoms with van der Waals surface area (Å²) in [6.45, 7) is 0. The van der Waals surface area contributed by atoms with Crippen LogP contribution in [0.2, 0.25) is 0 Å². The van der Waals surface area contributed by atoms with Crippen LogP contribution in [0.1, 0.15) is 35.2 Å².